The highest BCUT2D eigenvalue weighted by Crippen LogP contribution is 2.31. The summed E-state index contributed by atoms with van der Waals surface area (Å²) in [5.41, 5.74) is 1.90. The summed E-state index contributed by atoms with van der Waals surface area (Å²) in [6, 6.07) is 5.72. The normalized spacial score (nSPS) is 13.8. The Morgan fingerprint density at radius 1 is 1.23 bits per heavy atom. The minimum absolute atomic E-state index is 0. The third kappa shape index (κ3) is 6.21. The molecule has 4 nitrogen and oxygen atoms in total. The van der Waals surface area contributed by atoms with E-state index < -0.39 is 0 Å². The van der Waals surface area contributed by atoms with E-state index in [0.29, 0.717) is 18.0 Å². The zero-order valence-corrected chi connectivity index (χ0v) is 15.1. The fraction of sp³-hybridized carbons (Fsp3) is 0.533. The molecule has 1 fully saturated rings. The first-order chi connectivity index (χ1) is 9.70. The smallest absolute Gasteiger partial charge is 0.225 e. The van der Waals surface area contributed by atoms with Gasteiger partial charge >= 0.3 is 0 Å². The first-order valence-corrected chi connectivity index (χ1v) is 7.57. The predicted octanol–water partition coefficient (Wildman–Crippen LogP) is 3.72. The number of nitrogens with zero attached hydrogens (tertiary/aromatic N) is 1. The van der Waals surface area contributed by atoms with Crippen LogP contribution in [0.4, 0.5) is 11.4 Å². The second-order valence-corrected chi connectivity index (χ2v) is 5.55. The number of carbonyl (C=O) groups is 1. The molecule has 1 heterocycles. The third-order valence-corrected chi connectivity index (χ3v) is 3.77. The monoisotopic (exact) mass is 367 g/mol. The third-order valence-electron chi connectivity index (χ3n) is 3.53. The number of halogens is 3. The maximum atomic E-state index is 11.9. The van der Waals surface area contributed by atoms with Crippen LogP contribution in [0.25, 0.3) is 0 Å². The molecular formula is C15H24Cl3N3O. The number of amides is 1. The van der Waals surface area contributed by atoms with Gasteiger partial charge in [-0.2, -0.15) is 0 Å². The van der Waals surface area contributed by atoms with Crippen LogP contribution in [0.15, 0.2) is 18.2 Å². The molecule has 126 valence electrons. The molecule has 1 amide bonds. The zero-order valence-electron chi connectivity index (χ0n) is 12.7. The first-order valence-electron chi connectivity index (χ1n) is 7.19. The van der Waals surface area contributed by atoms with E-state index >= 15 is 0 Å². The molecule has 0 saturated carbocycles. The summed E-state index contributed by atoms with van der Waals surface area (Å²) in [6.45, 7) is 2.76. The van der Waals surface area contributed by atoms with Gasteiger partial charge in [-0.25, -0.2) is 0 Å². The van der Waals surface area contributed by atoms with Crippen molar-refractivity contribution in [3.63, 3.8) is 0 Å². The Morgan fingerprint density at radius 3 is 2.55 bits per heavy atom. The van der Waals surface area contributed by atoms with Crippen molar-refractivity contribution in [1.82, 2.24) is 5.32 Å². The molecule has 0 aromatic heterocycles. The molecule has 1 saturated heterocycles. The fourth-order valence-corrected chi connectivity index (χ4v) is 2.64. The van der Waals surface area contributed by atoms with E-state index in [1.54, 1.807) is 0 Å². The number of nitrogens with one attached hydrogen (secondary N) is 2. The molecule has 0 spiro atoms. The molecule has 22 heavy (non-hydrogen) atoms. The van der Waals surface area contributed by atoms with Crippen LogP contribution in [-0.4, -0.2) is 32.6 Å². The summed E-state index contributed by atoms with van der Waals surface area (Å²) in [7, 11) is 1.84. The molecule has 0 radical (unpaired) electrons. The largest absolute Gasteiger partial charge is 0.370 e. The van der Waals surface area contributed by atoms with Gasteiger partial charge in [0.15, 0.2) is 0 Å². The maximum Gasteiger partial charge on any atom is 0.225 e. The van der Waals surface area contributed by atoms with E-state index in [1.807, 2.05) is 25.2 Å². The van der Waals surface area contributed by atoms with E-state index in [2.05, 4.69) is 15.5 Å². The molecule has 1 aliphatic rings. The van der Waals surface area contributed by atoms with Crippen molar-refractivity contribution >= 4 is 53.7 Å². The van der Waals surface area contributed by atoms with Crippen LogP contribution in [0.2, 0.25) is 5.02 Å². The molecule has 1 aliphatic heterocycles. The van der Waals surface area contributed by atoms with Gasteiger partial charge in [-0.1, -0.05) is 11.6 Å². The van der Waals surface area contributed by atoms with Gasteiger partial charge in [-0.15, -0.1) is 24.8 Å². The number of rotatable bonds is 5. The van der Waals surface area contributed by atoms with Crippen molar-refractivity contribution < 1.29 is 4.79 Å². The molecular weight excluding hydrogens is 345 g/mol. The van der Waals surface area contributed by atoms with Crippen molar-refractivity contribution in [3.8, 4) is 0 Å². The molecule has 0 atom stereocenters. The van der Waals surface area contributed by atoms with Gasteiger partial charge in [0.2, 0.25) is 5.91 Å². The Kier molecular flexibility index (Phi) is 10.6. The summed E-state index contributed by atoms with van der Waals surface area (Å²) in [6.07, 6.45) is 4.15. The molecule has 0 bridgehead atoms. The lowest BCUT2D eigenvalue weighted by atomic mass is 10.1. The van der Waals surface area contributed by atoms with E-state index in [9.17, 15) is 4.79 Å². The predicted molar refractivity (Wildman–Crippen MR) is 99.2 cm³/mol. The Morgan fingerprint density at radius 2 is 1.91 bits per heavy atom. The standard InChI is InChI=1S/C15H22ClN3O.2ClH/c1-17-8-7-15(20)18-13-11-12(16)5-6-14(13)19-9-3-2-4-10-19;;/h5-6,11,17H,2-4,7-10H2,1H3,(H,18,20);2*1H. The maximum absolute atomic E-state index is 11.9. The topological polar surface area (TPSA) is 44.4 Å². The second-order valence-electron chi connectivity index (χ2n) is 5.11. The lowest BCUT2D eigenvalue weighted by molar-refractivity contribution is -0.116. The average molecular weight is 369 g/mol. The SMILES string of the molecule is CNCCC(=O)Nc1cc(Cl)ccc1N1CCCCC1.Cl.Cl. The van der Waals surface area contributed by atoms with Gasteiger partial charge in [0, 0.05) is 31.1 Å². The minimum atomic E-state index is 0. The van der Waals surface area contributed by atoms with Crippen molar-refractivity contribution in [2.75, 3.05) is 36.9 Å². The van der Waals surface area contributed by atoms with Crippen LogP contribution < -0.4 is 15.5 Å². The Hall–Kier alpha value is -0.680. The summed E-state index contributed by atoms with van der Waals surface area (Å²) >= 11 is 6.06. The molecule has 1 aromatic rings. The van der Waals surface area contributed by atoms with Gasteiger partial charge < -0.3 is 15.5 Å². The van der Waals surface area contributed by atoms with Gasteiger partial charge in [0.25, 0.3) is 0 Å². The molecule has 1 aromatic carbocycles. The first kappa shape index (κ1) is 21.3. The molecule has 0 unspecified atom stereocenters. The summed E-state index contributed by atoms with van der Waals surface area (Å²) in [5, 5.41) is 6.60. The van der Waals surface area contributed by atoms with E-state index in [4.69, 9.17) is 11.6 Å². The highest BCUT2D eigenvalue weighted by atomic mass is 35.5. The lowest BCUT2D eigenvalue weighted by Crippen LogP contribution is -2.30. The number of piperidine rings is 1. The van der Waals surface area contributed by atoms with Gasteiger partial charge in [0.05, 0.1) is 11.4 Å². The number of anilines is 2. The molecule has 2 rings (SSSR count). The van der Waals surface area contributed by atoms with Gasteiger partial charge in [-0.05, 0) is 44.5 Å². The van der Waals surface area contributed by atoms with Crippen LogP contribution in [0.5, 0.6) is 0 Å². The number of hydrogen-bond acceptors (Lipinski definition) is 3. The Bertz CT molecular complexity index is 465. The Balaban J connectivity index is 0.00000220. The van der Waals surface area contributed by atoms with Crippen LogP contribution >= 0.6 is 36.4 Å². The average Bonchev–Trinajstić information content (AvgIpc) is 2.46. The quantitative estimate of drug-likeness (QED) is 0.832. The van der Waals surface area contributed by atoms with Gasteiger partial charge in [-0.3, -0.25) is 4.79 Å². The van der Waals surface area contributed by atoms with Gasteiger partial charge in [0.1, 0.15) is 0 Å². The summed E-state index contributed by atoms with van der Waals surface area (Å²) < 4.78 is 0. The van der Waals surface area contributed by atoms with Crippen LogP contribution in [-0.2, 0) is 4.79 Å². The number of benzene rings is 1. The van der Waals surface area contributed by atoms with Crippen LogP contribution in [0, 0.1) is 0 Å². The van der Waals surface area contributed by atoms with E-state index in [1.165, 1.54) is 19.3 Å². The Labute approximate surface area is 149 Å². The van der Waals surface area contributed by atoms with Crippen LogP contribution in [0.1, 0.15) is 25.7 Å². The summed E-state index contributed by atoms with van der Waals surface area (Å²) in [4.78, 5) is 14.2. The lowest BCUT2D eigenvalue weighted by Gasteiger charge is -2.30. The highest BCUT2D eigenvalue weighted by molar-refractivity contribution is 6.31. The van der Waals surface area contributed by atoms with Crippen molar-refractivity contribution in [3.05, 3.63) is 23.2 Å². The molecule has 0 aliphatic carbocycles. The van der Waals surface area contributed by atoms with Crippen molar-refractivity contribution in [2.24, 2.45) is 0 Å². The number of carbonyl (C=O) groups excluding carboxylic acids is 1. The minimum Gasteiger partial charge on any atom is -0.370 e. The van der Waals surface area contributed by atoms with E-state index in [-0.39, 0.29) is 30.7 Å². The molecule has 7 heteroatoms. The zero-order chi connectivity index (χ0) is 14.4. The summed E-state index contributed by atoms with van der Waals surface area (Å²) in [5.74, 6) is 0.0138. The molecule has 2 N–H and O–H groups in total. The fourth-order valence-electron chi connectivity index (χ4n) is 2.47. The number of hydrogen-bond donors (Lipinski definition) is 2. The highest BCUT2D eigenvalue weighted by Gasteiger charge is 2.16. The van der Waals surface area contributed by atoms with E-state index in [0.717, 1.165) is 24.5 Å². The van der Waals surface area contributed by atoms with Crippen molar-refractivity contribution in [1.29, 1.82) is 0 Å². The second kappa shape index (κ2) is 10.9. The van der Waals surface area contributed by atoms with Crippen LogP contribution in [0.3, 0.4) is 0 Å². The van der Waals surface area contributed by atoms with Crippen molar-refractivity contribution in [2.45, 2.75) is 25.7 Å².